The van der Waals surface area contributed by atoms with Gasteiger partial charge in [0, 0.05) is 13.1 Å². The molecule has 1 rings (SSSR count). The van der Waals surface area contributed by atoms with Gasteiger partial charge < -0.3 is 10.6 Å². The molecule has 1 amide bonds. The van der Waals surface area contributed by atoms with Crippen LogP contribution < -0.4 is 10.6 Å². The van der Waals surface area contributed by atoms with Crippen molar-refractivity contribution in [1.82, 2.24) is 10.6 Å². The van der Waals surface area contributed by atoms with Gasteiger partial charge in [-0.3, -0.25) is 4.79 Å². The van der Waals surface area contributed by atoms with Crippen LogP contribution in [0.3, 0.4) is 0 Å². The van der Waals surface area contributed by atoms with Crippen molar-refractivity contribution in [1.29, 1.82) is 0 Å². The number of nitrogens with one attached hydrogen (secondary N) is 2. The molecule has 0 aromatic rings. The first kappa shape index (κ1) is 11.7. The number of halogens is 1. The summed E-state index contributed by atoms with van der Waals surface area (Å²) >= 11 is 0. The van der Waals surface area contributed by atoms with Gasteiger partial charge in [-0.1, -0.05) is 13.8 Å². The topological polar surface area (TPSA) is 41.1 Å². The number of hydrogen-bond acceptors (Lipinski definition) is 2. The minimum atomic E-state index is 0. The Hall–Kier alpha value is -0.280. The van der Waals surface area contributed by atoms with Gasteiger partial charge in [0.1, 0.15) is 0 Å². The van der Waals surface area contributed by atoms with Gasteiger partial charge in [0.15, 0.2) is 0 Å². The third-order valence-electron chi connectivity index (χ3n) is 1.84. The Morgan fingerprint density at radius 1 is 1.50 bits per heavy atom. The molecule has 1 unspecified atom stereocenters. The van der Waals surface area contributed by atoms with Gasteiger partial charge in [-0.15, -0.1) is 12.4 Å². The number of rotatable bonds is 2. The number of carbonyl (C=O) groups excluding carboxylic acids is 1. The molecular formula is C8H17ClN2O. The fourth-order valence-corrected chi connectivity index (χ4v) is 1.31. The molecular weight excluding hydrogens is 176 g/mol. The minimum absolute atomic E-state index is 0. The Kier molecular flexibility index (Phi) is 5.25. The smallest absolute Gasteiger partial charge is 0.237 e. The Balaban J connectivity index is 0.00000121. The highest BCUT2D eigenvalue weighted by atomic mass is 35.5. The van der Waals surface area contributed by atoms with E-state index >= 15 is 0 Å². The van der Waals surface area contributed by atoms with Crippen molar-refractivity contribution in [3.63, 3.8) is 0 Å². The third-order valence-corrected chi connectivity index (χ3v) is 1.84. The lowest BCUT2D eigenvalue weighted by Crippen LogP contribution is -2.53. The molecule has 12 heavy (non-hydrogen) atoms. The van der Waals surface area contributed by atoms with Gasteiger partial charge in [0.25, 0.3) is 0 Å². The zero-order chi connectivity index (χ0) is 8.27. The van der Waals surface area contributed by atoms with Crippen LogP contribution in [0.1, 0.15) is 20.3 Å². The summed E-state index contributed by atoms with van der Waals surface area (Å²) in [4.78, 5) is 11.2. The summed E-state index contributed by atoms with van der Waals surface area (Å²) in [6.45, 7) is 5.93. The van der Waals surface area contributed by atoms with E-state index < -0.39 is 0 Å². The molecule has 0 spiro atoms. The first-order chi connectivity index (χ1) is 5.20. The zero-order valence-electron chi connectivity index (χ0n) is 7.59. The van der Waals surface area contributed by atoms with E-state index in [-0.39, 0.29) is 24.4 Å². The Morgan fingerprint density at radius 3 is 2.67 bits per heavy atom. The summed E-state index contributed by atoms with van der Waals surface area (Å²) in [5.74, 6) is 0.737. The van der Waals surface area contributed by atoms with Gasteiger partial charge >= 0.3 is 0 Å². The van der Waals surface area contributed by atoms with Gasteiger partial charge in [0.05, 0.1) is 6.04 Å². The molecule has 0 bridgehead atoms. The molecule has 1 aliphatic heterocycles. The lowest BCUT2D eigenvalue weighted by molar-refractivity contribution is -0.124. The normalized spacial score (nSPS) is 23.2. The zero-order valence-corrected chi connectivity index (χ0v) is 8.41. The van der Waals surface area contributed by atoms with E-state index in [1.165, 1.54) is 0 Å². The Bertz CT molecular complexity index is 150. The van der Waals surface area contributed by atoms with E-state index in [4.69, 9.17) is 0 Å². The maximum atomic E-state index is 11.2. The number of amides is 1. The molecule has 0 aromatic carbocycles. The van der Waals surface area contributed by atoms with Crippen LogP contribution in [0.15, 0.2) is 0 Å². The number of carbonyl (C=O) groups is 1. The SMILES string of the molecule is CC(C)CC1NCCNC1=O.Cl. The predicted molar refractivity (Wildman–Crippen MR) is 51.5 cm³/mol. The summed E-state index contributed by atoms with van der Waals surface area (Å²) in [5, 5.41) is 6.02. The van der Waals surface area contributed by atoms with E-state index in [0.717, 1.165) is 19.5 Å². The van der Waals surface area contributed by atoms with E-state index in [1.807, 2.05) is 0 Å². The van der Waals surface area contributed by atoms with Crippen LogP contribution in [0.25, 0.3) is 0 Å². The standard InChI is InChI=1S/C8H16N2O.ClH/c1-6(2)5-7-8(11)10-4-3-9-7;/h6-7,9H,3-5H2,1-2H3,(H,10,11);1H. The first-order valence-electron chi connectivity index (χ1n) is 4.21. The van der Waals surface area contributed by atoms with Crippen molar-refractivity contribution in [2.75, 3.05) is 13.1 Å². The molecule has 1 fully saturated rings. The highest BCUT2D eigenvalue weighted by Gasteiger charge is 2.21. The minimum Gasteiger partial charge on any atom is -0.353 e. The molecule has 72 valence electrons. The summed E-state index contributed by atoms with van der Waals surface area (Å²) < 4.78 is 0. The molecule has 1 heterocycles. The third kappa shape index (κ3) is 3.41. The lowest BCUT2D eigenvalue weighted by Gasteiger charge is -2.24. The van der Waals surface area contributed by atoms with Crippen molar-refractivity contribution in [3.8, 4) is 0 Å². The van der Waals surface area contributed by atoms with Gasteiger partial charge in [-0.05, 0) is 12.3 Å². The van der Waals surface area contributed by atoms with Gasteiger partial charge in [-0.25, -0.2) is 0 Å². The predicted octanol–water partition coefficient (Wildman–Crippen LogP) is 0.542. The molecule has 0 radical (unpaired) electrons. The number of piperazine rings is 1. The second kappa shape index (κ2) is 5.38. The number of hydrogen-bond donors (Lipinski definition) is 2. The summed E-state index contributed by atoms with van der Waals surface area (Å²) in [6, 6.07) is 0.0451. The average molecular weight is 193 g/mol. The second-order valence-electron chi connectivity index (χ2n) is 3.43. The van der Waals surface area contributed by atoms with Crippen LogP contribution in [0.4, 0.5) is 0 Å². The summed E-state index contributed by atoms with van der Waals surface area (Å²) in [7, 11) is 0. The molecule has 4 heteroatoms. The van der Waals surface area contributed by atoms with Crippen LogP contribution in [0.2, 0.25) is 0 Å². The van der Waals surface area contributed by atoms with Crippen molar-refractivity contribution in [2.24, 2.45) is 5.92 Å². The van der Waals surface area contributed by atoms with Crippen LogP contribution in [0, 0.1) is 5.92 Å². The molecule has 0 aliphatic carbocycles. The lowest BCUT2D eigenvalue weighted by atomic mass is 10.0. The Labute approximate surface area is 79.7 Å². The average Bonchev–Trinajstić information content (AvgIpc) is 1.93. The maximum absolute atomic E-state index is 11.2. The molecule has 0 saturated carbocycles. The summed E-state index contributed by atoms with van der Waals surface area (Å²) in [5.41, 5.74) is 0. The van der Waals surface area contributed by atoms with Crippen LogP contribution in [0.5, 0.6) is 0 Å². The first-order valence-corrected chi connectivity index (χ1v) is 4.21. The van der Waals surface area contributed by atoms with Crippen molar-refractivity contribution in [3.05, 3.63) is 0 Å². The van der Waals surface area contributed by atoms with E-state index in [9.17, 15) is 4.79 Å². The quantitative estimate of drug-likeness (QED) is 0.671. The molecule has 0 aromatic heterocycles. The van der Waals surface area contributed by atoms with Crippen LogP contribution >= 0.6 is 12.4 Å². The molecule has 1 aliphatic rings. The van der Waals surface area contributed by atoms with Crippen molar-refractivity contribution in [2.45, 2.75) is 26.3 Å². The highest BCUT2D eigenvalue weighted by Crippen LogP contribution is 2.05. The fraction of sp³-hybridized carbons (Fsp3) is 0.875. The van der Waals surface area contributed by atoms with Crippen molar-refractivity contribution >= 4 is 18.3 Å². The molecule has 3 nitrogen and oxygen atoms in total. The summed E-state index contributed by atoms with van der Waals surface area (Å²) in [6.07, 6.45) is 0.936. The van der Waals surface area contributed by atoms with Crippen molar-refractivity contribution < 1.29 is 4.79 Å². The molecule has 2 N–H and O–H groups in total. The molecule has 1 atom stereocenters. The van der Waals surface area contributed by atoms with Gasteiger partial charge in [0.2, 0.25) is 5.91 Å². The maximum Gasteiger partial charge on any atom is 0.237 e. The van der Waals surface area contributed by atoms with E-state index in [0.29, 0.717) is 5.92 Å². The van der Waals surface area contributed by atoms with E-state index in [2.05, 4.69) is 24.5 Å². The monoisotopic (exact) mass is 192 g/mol. The van der Waals surface area contributed by atoms with Crippen LogP contribution in [-0.4, -0.2) is 25.0 Å². The molecule has 1 saturated heterocycles. The fourth-order valence-electron chi connectivity index (χ4n) is 1.31. The van der Waals surface area contributed by atoms with Gasteiger partial charge in [-0.2, -0.15) is 0 Å². The largest absolute Gasteiger partial charge is 0.353 e. The second-order valence-corrected chi connectivity index (χ2v) is 3.43. The van der Waals surface area contributed by atoms with Crippen LogP contribution in [-0.2, 0) is 4.79 Å². The highest BCUT2D eigenvalue weighted by molar-refractivity contribution is 5.85. The Morgan fingerprint density at radius 2 is 2.17 bits per heavy atom. The van der Waals surface area contributed by atoms with E-state index in [1.54, 1.807) is 0 Å².